The Morgan fingerprint density at radius 2 is 1.71 bits per heavy atom. The van der Waals surface area contributed by atoms with Crippen LogP contribution in [0.5, 0.6) is 0 Å². The average molecular weight is 252 g/mol. The van der Waals surface area contributed by atoms with Crippen LogP contribution >= 0.6 is 11.8 Å². The summed E-state index contributed by atoms with van der Waals surface area (Å²) in [6, 6.07) is 8.49. The van der Waals surface area contributed by atoms with Crippen molar-refractivity contribution in [2.45, 2.75) is 38.6 Å². The summed E-state index contributed by atoms with van der Waals surface area (Å²) in [5.74, 6) is 1.16. The van der Waals surface area contributed by atoms with E-state index in [9.17, 15) is 0 Å². The fraction of sp³-hybridized carbons (Fsp3) is 0.571. The van der Waals surface area contributed by atoms with Crippen LogP contribution in [-0.4, -0.2) is 17.0 Å². The lowest BCUT2D eigenvalue weighted by molar-refractivity contribution is 0.725. The SMILES string of the molecule is CC(C)(C)SCCNCc1ccc(CN)cc1. The van der Waals surface area contributed by atoms with Crippen molar-refractivity contribution < 1.29 is 0 Å². The van der Waals surface area contributed by atoms with E-state index in [1.165, 1.54) is 11.1 Å². The first-order valence-corrected chi connectivity index (χ1v) is 7.12. The molecule has 0 atom stereocenters. The molecule has 3 N–H and O–H groups in total. The second kappa shape index (κ2) is 7.04. The van der Waals surface area contributed by atoms with E-state index in [2.05, 4.69) is 50.4 Å². The van der Waals surface area contributed by atoms with Crippen molar-refractivity contribution in [1.82, 2.24) is 5.32 Å². The van der Waals surface area contributed by atoms with Gasteiger partial charge in [0.15, 0.2) is 0 Å². The molecule has 17 heavy (non-hydrogen) atoms. The van der Waals surface area contributed by atoms with Crippen molar-refractivity contribution in [1.29, 1.82) is 0 Å². The van der Waals surface area contributed by atoms with E-state index in [1.807, 2.05) is 11.8 Å². The van der Waals surface area contributed by atoms with E-state index >= 15 is 0 Å². The van der Waals surface area contributed by atoms with E-state index < -0.39 is 0 Å². The molecule has 0 bridgehead atoms. The monoisotopic (exact) mass is 252 g/mol. The molecule has 0 heterocycles. The van der Waals surface area contributed by atoms with Crippen LogP contribution in [0.3, 0.4) is 0 Å². The summed E-state index contributed by atoms with van der Waals surface area (Å²) < 4.78 is 0.366. The highest BCUT2D eigenvalue weighted by atomic mass is 32.2. The lowest BCUT2D eigenvalue weighted by Crippen LogP contribution is -2.19. The van der Waals surface area contributed by atoms with Crippen molar-refractivity contribution in [3.8, 4) is 0 Å². The second-order valence-electron chi connectivity index (χ2n) is 5.16. The van der Waals surface area contributed by atoms with Crippen LogP contribution in [0.25, 0.3) is 0 Å². The fourth-order valence-corrected chi connectivity index (χ4v) is 2.31. The minimum Gasteiger partial charge on any atom is -0.326 e. The second-order valence-corrected chi connectivity index (χ2v) is 7.08. The fourth-order valence-electron chi connectivity index (χ4n) is 1.46. The van der Waals surface area contributed by atoms with Crippen LogP contribution in [0, 0.1) is 0 Å². The lowest BCUT2D eigenvalue weighted by atomic mass is 10.1. The molecular formula is C14H24N2S. The normalized spacial score (nSPS) is 11.8. The van der Waals surface area contributed by atoms with Gasteiger partial charge >= 0.3 is 0 Å². The van der Waals surface area contributed by atoms with Crippen LogP contribution in [0.4, 0.5) is 0 Å². The van der Waals surface area contributed by atoms with Gasteiger partial charge in [0.2, 0.25) is 0 Å². The third-order valence-corrected chi connectivity index (χ3v) is 3.68. The number of benzene rings is 1. The molecule has 1 aromatic rings. The molecule has 0 saturated heterocycles. The molecule has 96 valence electrons. The van der Waals surface area contributed by atoms with Gasteiger partial charge in [-0.3, -0.25) is 0 Å². The van der Waals surface area contributed by atoms with Crippen LogP contribution in [0.15, 0.2) is 24.3 Å². The minimum absolute atomic E-state index is 0.366. The van der Waals surface area contributed by atoms with Crippen molar-refractivity contribution in [3.05, 3.63) is 35.4 Å². The van der Waals surface area contributed by atoms with Gasteiger partial charge in [0.05, 0.1) is 0 Å². The summed E-state index contributed by atoms with van der Waals surface area (Å²) in [5.41, 5.74) is 8.08. The van der Waals surface area contributed by atoms with Gasteiger partial charge in [-0.25, -0.2) is 0 Å². The quantitative estimate of drug-likeness (QED) is 0.765. The van der Waals surface area contributed by atoms with Crippen LogP contribution in [0.1, 0.15) is 31.9 Å². The predicted molar refractivity (Wildman–Crippen MR) is 78.3 cm³/mol. The molecule has 0 amide bonds. The molecule has 0 unspecified atom stereocenters. The Balaban J connectivity index is 2.18. The summed E-state index contributed by atoms with van der Waals surface area (Å²) in [4.78, 5) is 0. The van der Waals surface area contributed by atoms with Gasteiger partial charge in [0.25, 0.3) is 0 Å². The number of hydrogen-bond acceptors (Lipinski definition) is 3. The van der Waals surface area contributed by atoms with Gasteiger partial charge in [0.1, 0.15) is 0 Å². The summed E-state index contributed by atoms with van der Waals surface area (Å²) in [6.45, 7) is 9.38. The topological polar surface area (TPSA) is 38.0 Å². The maximum atomic E-state index is 5.56. The molecule has 0 saturated carbocycles. The summed E-state index contributed by atoms with van der Waals surface area (Å²) in [6.07, 6.45) is 0. The Bertz CT molecular complexity index is 314. The first kappa shape index (κ1) is 14.6. The third kappa shape index (κ3) is 6.71. The molecule has 0 aliphatic heterocycles. The van der Waals surface area contributed by atoms with Crippen molar-refractivity contribution in [2.75, 3.05) is 12.3 Å². The molecule has 0 radical (unpaired) electrons. The van der Waals surface area contributed by atoms with E-state index in [1.54, 1.807) is 0 Å². The van der Waals surface area contributed by atoms with Crippen molar-refractivity contribution in [2.24, 2.45) is 5.73 Å². The molecule has 0 aliphatic carbocycles. The standard InChI is InChI=1S/C14H24N2S/c1-14(2,3)17-9-8-16-11-13-6-4-12(10-15)5-7-13/h4-7,16H,8-11,15H2,1-3H3. The zero-order valence-electron chi connectivity index (χ0n) is 11.1. The summed E-state index contributed by atoms with van der Waals surface area (Å²) >= 11 is 2.00. The largest absolute Gasteiger partial charge is 0.326 e. The number of thioether (sulfide) groups is 1. The van der Waals surface area contributed by atoms with Gasteiger partial charge in [-0.05, 0) is 11.1 Å². The third-order valence-electron chi connectivity index (χ3n) is 2.40. The number of nitrogens with one attached hydrogen (secondary N) is 1. The first-order valence-electron chi connectivity index (χ1n) is 6.14. The highest BCUT2D eigenvalue weighted by molar-refractivity contribution is 8.00. The van der Waals surface area contributed by atoms with E-state index in [-0.39, 0.29) is 0 Å². The van der Waals surface area contributed by atoms with Crippen LogP contribution in [0.2, 0.25) is 0 Å². The Labute approximate surface area is 109 Å². The Hall–Kier alpha value is -0.510. The number of nitrogens with two attached hydrogens (primary N) is 1. The highest BCUT2D eigenvalue weighted by Gasteiger charge is 2.08. The zero-order chi connectivity index (χ0) is 12.7. The van der Waals surface area contributed by atoms with Crippen LogP contribution in [-0.2, 0) is 13.1 Å². The van der Waals surface area contributed by atoms with E-state index in [0.29, 0.717) is 11.3 Å². The average Bonchev–Trinajstić information content (AvgIpc) is 2.28. The minimum atomic E-state index is 0.366. The Kier molecular flexibility index (Phi) is 6.03. The first-order chi connectivity index (χ1) is 8.01. The van der Waals surface area contributed by atoms with Gasteiger partial charge in [-0.2, -0.15) is 11.8 Å². The smallest absolute Gasteiger partial charge is 0.0205 e. The van der Waals surface area contributed by atoms with E-state index in [0.717, 1.165) is 18.8 Å². The number of rotatable bonds is 6. The molecule has 1 rings (SSSR count). The van der Waals surface area contributed by atoms with Gasteiger partial charge in [-0.1, -0.05) is 45.0 Å². The maximum Gasteiger partial charge on any atom is 0.0205 e. The maximum absolute atomic E-state index is 5.56. The molecular weight excluding hydrogens is 228 g/mol. The van der Waals surface area contributed by atoms with Gasteiger partial charge < -0.3 is 11.1 Å². The Morgan fingerprint density at radius 3 is 2.24 bits per heavy atom. The lowest BCUT2D eigenvalue weighted by Gasteiger charge is -2.17. The summed E-state index contributed by atoms with van der Waals surface area (Å²) in [5, 5.41) is 3.46. The van der Waals surface area contributed by atoms with Gasteiger partial charge in [0, 0.05) is 30.1 Å². The molecule has 0 aliphatic rings. The molecule has 0 fully saturated rings. The molecule has 2 nitrogen and oxygen atoms in total. The van der Waals surface area contributed by atoms with E-state index in [4.69, 9.17) is 5.73 Å². The van der Waals surface area contributed by atoms with Crippen molar-refractivity contribution in [3.63, 3.8) is 0 Å². The van der Waals surface area contributed by atoms with Gasteiger partial charge in [-0.15, -0.1) is 0 Å². The number of hydrogen-bond donors (Lipinski definition) is 2. The predicted octanol–water partition coefficient (Wildman–Crippen LogP) is 2.77. The van der Waals surface area contributed by atoms with Crippen molar-refractivity contribution >= 4 is 11.8 Å². The molecule has 0 aromatic heterocycles. The molecule has 0 spiro atoms. The summed E-state index contributed by atoms with van der Waals surface area (Å²) in [7, 11) is 0. The highest BCUT2D eigenvalue weighted by Crippen LogP contribution is 2.21. The molecule has 1 aromatic carbocycles. The molecule has 3 heteroatoms. The van der Waals surface area contributed by atoms with Crippen LogP contribution < -0.4 is 11.1 Å². The Morgan fingerprint density at radius 1 is 1.12 bits per heavy atom. The zero-order valence-corrected chi connectivity index (χ0v) is 11.9.